The first-order valence-electron chi connectivity index (χ1n) is 3.67. The van der Waals surface area contributed by atoms with Crippen LogP contribution in [0, 0.1) is 0 Å². The topological polar surface area (TPSA) is 47.9 Å². The summed E-state index contributed by atoms with van der Waals surface area (Å²) in [4.78, 5) is 4.20. The number of hydrogen-bond donors (Lipinski definition) is 2. The Kier molecular flexibility index (Phi) is 1.48. The summed E-state index contributed by atoms with van der Waals surface area (Å²) in [7, 11) is 0. The largest absolute Gasteiger partial charge is 0.269 e. The fourth-order valence-corrected chi connectivity index (χ4v) is 1.16. The van der Waals surface area contributed by atoms with Gasteiger partial charge in [0.1, 0.15) is 11.5 Å². The lowest BCUT2D eigenvalue weighted by Gasteiger charge is -2.23. The van der Waals surface area contributed by atoms with Gasteiger partial charge in [0.2, 0.25) is 0 Å². The van der Waals surface area contributed by atoms with E-state index in [9.17, 15) is 5.21 Å². The molecule has 0 atom stereocenters. The van der Waals surface area contributed by atoms with Crippen molar-refractivity contribution in [1.82, 2.24) is 5.43 Å². The standard InChI is InChI=1S/C8H9N3O/c1-6-9-7-4-2-3-5-8(7)11(12)10-6/h2-5,12H,1H3,(H,9,10). The smallest absolute Gasteiger partial charge is 0.120 e. The molecule has 0 saturated heterocycles. The first kappa shape index (κ1) is 7.12. The lowest BCUT2D eigenvalue weighted by molar-refractivity contribution is 0.234. The number of hydrazine groups is 1. The number of amidine groups is 1. The van der Waals surface area contributed by atoms with E-state index in [-0.39, 0.29) is 0 Å². The highest BCUT2D eigenvalue weighted by Gasteiger charge is 2.13. The van der Waals surface area contributed by atoms with Crippen molar-refractivity contribution in [3.63, 3.8) is 0 Å². The number of aliphatic imine (C=N–C) groups is 1. The first-order valence-corrected chi connectivity index (χ1v) is 3.67. The number of fused-ring (bicyclic) bond motifs is 1. The Morgan fingerprint density at radius 3 is 3.00 bits per heavy atom. The van der Waals surface area contributed by atoms with Crippen LogP contribution in [-0.4, -0.2) is 11.0 Å². The molecule has 0 saturated carbocycles. The van der Waals surface area contributed by atoms with Crippen LogP contribution in [0.3, 0.4) is 0 Å². The minimum atomic E-state index is 0.670. The van der Waals surface area contributed by atoms with Crippen LogP contribution in [-0.2, 0) is 0 Å². The normalized spacial score (nSPS) is 14.8. The second-order valence-electron chi connectivity index (χ2n) is 2.61. The molecule has 0 unspecified atom stereocenters. The molecule has 0 aromatic heterocycles. The van der Waals surface area contributed by atoms with Crippen molar-refractivity contribution in [2.75, 3.05) is 5.17 Å². The maximum Gasteiger partial charge on any atom is 0.120 e. The minimum absolute atomic E-state index is 0.670. The number of para-hydroxylation sites is 2. The molecule has 1 aliphatic heterocycles. The van der Waals surface area contributed by atoms with Crippen LogP contribution in [0.1, 0.15) is 6.92 Å². The average molecular weight is 163 g/mol. The summed E-state index contributed by atoms with van der Waals surface area (Å²) >= 11 is 0. The summed E-state index contributed by atoms with van der Waals surface area (Å²) in [6.45, 7) is 1.79. The molecule has 2 N–H and O–H groups in total. The Bertz CT molecular complexity index is 335. The number of hydrogen-bond acceptors (Lipinski definition) is 4. The quantitative estimate of drug-likeness (QED) is 0.608. The molecule has 2 rings (SSSR count). The zero-order chi connectivity index (χ0) is 8.55. The Morgan fingerprint density at radius 2 is 2.17 bits per heavy atom. The van der Waals surface area contributed by atoms with Crippen molar-refractivity contribution in [2.24, 2.45) is 4.99 Å². The van der Waals surface area contributed by atoms with E-state index in [1.54, 1.807) is 13.0 Å². The Morgan fingerprint density at radius 1 is 1.42 bits per heavy atom. The molecule has 1 aromatic carbocycles. The van der Waals surface area contributed by atoms with E-state index < -0.39 is 0 Å². The van der Waals surface area contributed by atoms with Gasteiger partial charge in [-0.3, -0.25) is 10.6 Å². The van der Waals surface area contributed by atoms with Gasteiger partial charge in [0.15, 0.2) is 0 Å². The van der Waals surface area contributed by atoms with Gasteiger partial charge in [-0.15, -0.1) is 0 Å². The van der Waals surface area contributed by atoms with Gasteiger partial charge in [-0.1, -0.05) is 12.1 Å². The molecule has 0 bridgehead atoms. The summed E-state index contributed by atoms with van der Waals surface area (Å²) in [5, 5.41) is 10.3. The fraction of sp³-hybridized carbons (Fsp3) is 0.125. The summed E-state index contributed by atoms with van der Waals surface area (Å²) in [6.07, 6.45) is 0. The number of nitrogens with one attached hydrogen (secondary N) is 1. The maximum atomic E-state index is 9.37. The predicted molar refractivity (Wildman–Crippen MR) is 46.6 cm³/mol. The van der Waals surface area contributed by atoms with E-state index in [1.165, 1.54) is 0 Å². The third kappa shape index (κ3) is 1.02. The molecule has 1 heterocycles. The van der Waals surface area contributed by atoms with Crippen LogP contribution in [0.2, 0.25) is 0 Å². The lowest BCUT2D eigenvalue weighted by Crippen LogP contribution is -2.40. The Hall–Kier alpha value is -1.55. The Labute approximate surface area is 70.1 Å². The van der Waals surface area contributed by atoms with Crippen molar-refractivity contribution in [2.45, 2.75) is 6.92 Å². The van der Waals surface area contributed by atoms with Crippen LogP contribution in [0.5, 0.6) is 0 Å². The summed E-state index contributed by atoms with van der Waals surface area (Å²) in [6, 6.07) is 7.37. The molecular formula is C8H9N3O. The molecule has 4 heteroatoms. The molecule has 0 aliphatic carbocycles. The molecule has 62 valence electrons. The third-order valence-corrected chi connectivity index (χ3v) is 1.67. The van der Waals surface area contributed by atoms with Crippen LogP contribution in [0.15, 0.2) is 29.3 Å². The van der Waals surface area contributed by atoms with Gasteiger partial charge in [0.25, 0.3) is 0 Å². The molecule has 1 aromatic rings. The van der Waals surface area contributed by atoms with Crippen molar-refractivity contribution in [3.8, 4) is 0 Å². The van der Waals surface area contributed by atoms with Gasteiger partial charge in [-0.2, -0.15) is 5.17 Å². The zero-order valence-corrected chi connectivity index (χ0v) is 6.65. The van der Waals surface area contributed by atoms with Crippen molar-refractivity contribution < 1.29 is 5.21 Å². The van der Waals surface area contributed by atoms with Crippen LogP contribution >= 0.6 is 0 Å². The van der Waals surface area contributed by atoms with Crippen LogP contribution in [0.25, 0.3) is 0 Å². The van der Waals surface area contributed by atoms with E-state index in [4.69, 9.17) is 0 Å². The van der Waals surface area contributed by atoms with Gasteiger partial charge in [-0.25, -0.2) is 4.99 Å². The lowest BCUT2D eigenvalue weighted by atomic mass is 10.2. The molecular weight excluding hydrogens is 154 g/mol. The molecule has 0 radical (unpaired) electrons. The molecule has 4 nitrogen and oxygen atoms in total. The number of benzene rings is 1. The molecule has 0 spiro atoms. The highest BCUT2D eigenvalue weighted by molar-refractivity contribution is 5.89. The molecule has 1 aliphatic rings. The van der Waals surface area contributed by atoms with Gasteiger partial charge in [-0.05, 0) is 19.1 Å². The zero-order valence-electron chi connectivity index (χ0n) is 6.65. The monoisotopic (exact) mass is 163 g/mol. The van der Waals surface area contributed by atoms with E-state index >= 15 is 0 Å². The van der Waals surface area contributed by atoms with Gasteiger partial charge in [0.05, 0.1) is 5.69 Å². The van der Waals surface area contributed by atoms with Crippen molar-refractivity contribution >= 4 is 17.2 Å². The SMILES string of the molecule is CC1=Nc2ccccc2N(O)N1. The van der Waals surface area contributed by atoms with Crippen molar-refractivity contribution in [1.29, 1.82) is 0 Å². The van der Waals surface area contributed by atoms with Gasteiger partial charge < -0.3 is 0 Å². The van der Waals surface area contributed by atoms with Gasteiger partial charge in [0, 0.05) is 0 Å². The van der Waals surface area contributed by atoms with E-state index in [1.807, 2.05) is 18.2 Å². The fourth-order valence-electron chi connectivity index (χ4n) is 1.16. The van der Waals surface area contributed by atoms with Crippen molar-refractivity contribution in [3.05, 3.63) is 24.3 Å². The van der Waals surface area contributed by atoms with Crippen LogP contribution in [0.4, 0.5) is 11.4 Å². The number of rotatable bonds is 0. The molecule has 12 heavy (non-hydrogen) atoms. The highest BCUT2D eigenvalue weighted by Crippen LogP contribution is 2.28. The maximum absolute atomic E-state index is 9.37. The number of anilines is 1. The Balaban J connectivity index is 2.55. The first-order chi connectivity index (χ1) is 5.77. The second-order valence-corrected chi connectivity index (χ2v) is 2.61. The van der Waals surface area contributed by atoms with Crippen LogP contribution < -0.4 is 10.6 Å². The van der Waals surface area contributed by atoms with E-state index in [0.717, 1.165) is 10.9 Å². The molecule has 0 fully saturated rings. The van der Waals surface area contributed by atoms with Gasteiger partial charge >= 0.3 is 0 Å². The second kappa shape index (κ2) is 2.49. The van der Waals surface area contributed by atoms with E-state index in [2.05, 4.69) is 10.4 Å². The molecule has 0 amide bonds. The number of nitrogens with zero attached hydrogens (tertiary/aromatic N) is 2. The van der Waals surface area contributed by atoms with E-state index in [0.29, 0.717) is 11.5 Å². The highest BCUT2D eigenvalue weighted by atomic mass is 16.5. The average Bonchev–Trinajstić information content (AvgIpc) is 2.04. The third-order valence-electron chi connectivity index (χ3n) is 1.67. The summed E-state index contributed by atoms with van der Waals surface area (Å²) in [5.41, 5.74) is 4.12. The summed E-state index contributed by atoms with van der Waals surface area (Å²) < 4.78 is 0. The predicted octanol–water partition coefficient (Wildman–Crippen LogP) is 1.45. The summed E-state index contributed by atoms with van der Waals surface area (Å²) in [5.74, 6) is 0.677. The minimum Gasteiger partial charge on any atom is -0.269 e.